The molecule has 0 N–H and O–H groups in total. The largest absolute Gasteiger partial charge is 0.423 e. The van der Waals surface area contributed by atoms with E-state index in [1.54, 1.807) is 0 Å². The van der Waals surface area contributed by atoms with Crippen LogP contribution in [0.25, 0.3) is 88.3 Å². The lowest BCUT2D eigenvalue weighted by Gasteiger charge is -2.12. The number of hydrogen-bond donors (Lipinski definition) is 0. The summed E-state index contributed by atoms with van der Waals surface area (Å²) in [6.07, 6.45) is 0. The third-order valence-corrected chi connectivity index (χ3v) is 9.16. The van der Waals surface area contributed by atoms with Gasteiger partial charge in [-0.15, -0.1) is 0 Å². The molecule has 3 aromatic heterocycles. The molecule has 0 saturated heterocycles. The highest BCUT2D eigenvalue weighted by atomic mass is 16.4. The summed E-state index contributed by atoms with van der Waals surface area (Å²) in [7, 11) is 0. The maximum atomic E-state index is 6.27. The third kappa shape index (κ3) is 3.45. The number of hydrogen-bond acceptors (Lipinski definition) is 2. The van der Waals surface area contributed by atoms with Crippen LogP contribution in [0.3, 0.4) is 0 Å². The molecular formula is C41H25N3O. The summed E-state index contributed by atoms with van der Waals surface area (Å²) >= 11 is 0. The first-order chi connectivity index (χ1) is 22.3. The lowest BCUT2D eigenvalue weighted by atomic mass is 9.98. The van der Waals surface area contributed by atoms with Crippen LogP contribution in [0.5, 0.6) is 0 Å². The first-order valence-electron chi connectivity index (χ1n) is 15.2. The number of rotatable bonds is 3. The van der Waals surface area contributed by atoms with Crippen LogP contribution < -0.4 is 0 Å². The highest BCUT2D eigenvalue weighted by Gasteiger charge is 2.20. The molecule has 4 heteroatoms. The van der Waals surface area contributed by atoms with Crippen molar-refractivity contribution in [2.75, 3.05) is 0 Å². The maximum Gasteiger partial charge on any atom is 0.307 e. The van der Waals surface area contributed by atoms with Crippen LogP contribution in [0.4, 0.5) is 0 Å². The number of aromatic nitrogens is 3. The van der Waals surface area contributed by atoms with Crippen LogP contribution in [0.2, 0.25) is 0 Å². The highest BCUT2D eigenvalue weighted by Crippen LogP contribution is 2.42. The Hall–Kier alpha value is -6.13. The van der Waals surface area contributed by atoms with E-state index in [9.17, 15) is 0 Å². The van der Waals surface area contributed by atoms with E-state index in [0.717, 1.165) is 22.1 Å². The van der Waals surface area contributed by atoms with E-state index in [0.29, 0.717) is 6.01 Å². The molecule has 10 rings (SSSR count). The second-order valence-corrected chi connectivity index (χ2v) is 11.6. The Labute approximate surface area is 258 Å². The standard InChI is InChI=1S/C41H25N3O/c1-2-13-28-26(11-1)12-9-20-34(28)43-36-19-7-4-15-31(36)40-29(16-10-21-38(40)43)27-23-24-37-32(25-27)30-14-3-6-18-35(30)44(37)41-42-33-17-5-8-22-39(33)45-41/h1-25H. The van der Waals surface area contributed by atoms with E-state index in [4.69, 9.17) is 9.40 Å². The molecule has 0 aliphatic heterocycles. The molecule has 210 valence electrons. The fourth-order valence-corrected chi connectivity index (χ4v) is 7.22. The predicted molar refractivity (Wildman–Crippen MR) is 186 cm³/mol. The average Bonchev–Trinajstić information content (AvgIpc) is 3.77. The molecule has 0 amide bonds. The molecule has 0 atom stereocenters. The van der Waals surface area contributed by atoms with Crippen molar-refractivity contribution in [1.82, 2.24) is 14.1 Å². The molecule has 45 heavy (non-hydrogen) atoms. The first-order valence-corrected chi connectivity index (χ1v) is 15.2. The summed E-state index contributed by atoms with van der Waals surface area (Å²) in [6.45, 7) is 0. The van der Waals surface area contributed by atoms with E-state index in [-0.39, 0.29) is 0 Å². The van der Waals surface area contributed by atoms with Crippen molar-refractivity contribution in [3.05, 3.63) is 152 Å². The summed E-state index contributed by atoms with van der Waals surface area (Å²) in [5.74, 6) is 0. The van der Waals surface area contributed by atoms with Crippen molar-refractivity contribution >= 4 is 65.5 Å². The minimum Gasteiger partial charge on any atom is -0.423 e. The summed E-state index contributed by atoms with van der Waals surface area (Å²) < 4.78 is 10.8. The quantitative estimate of drug-likeness (QED) is 0.210. The van der Waals surface area contributed by atoms with Gasteiger partial charge in [0.25, 0.3) is 0 Å². The van der Waals surface area contributed by atoms with Crippen LogP contribution in [0.1, 0.15) is 0 Å². The third-order valence-electron chi connectivity index (χ3n) is 9.16. The van der Waals surface area contributed by atoms with E-state index in [1.165, 1.54) is 60.2 Å². The molecule has 0 radical (unpaired) electrons. The van der Waals surface area contributed by atoms with Gasteiger partial charge in [0.15, 0.2) is 5.58 Å². The number of fused-ring (bicyclic) bond motifs is 8. The second-order valence-electron chi connectivity index (χ2n) is 11.6. The topological polar surface area (TPSA) is 35.9 Å². The zero-order valence-electron chi connectivity index (χ0n) is 24.2. The van der Waals surface area contributed by atoms with Gasteiger partial charge in [0.1, 0.15) is 5.52 Å². The molecule has 0 bridgehead atoms. The van der Waals surface area contributed by atoms with Gasteiger partial charge in [-0.3, -0.25) is 4.57 Å². The van der Waals surface area contributed by atoms with Gasteiger partial charge in [-0.1, -0.05) is 103 Å². The minimum atomic E-state index is 0.579. The van der Waals surface area contributed by atoms with Gasteiger partial charge in [-0.25, -0.2) is 0 Å². The Balaban J connectivity index is 1.25. The molecule has 0 aliphatic rings. The molecule has 7 aromatic carbocycles. The van der Waals surface area contributed by atoms with E-state index in [2.05, 4.69) is 137 Å². The molecule has 0 saturated carbocycles. The van der Waals surface area contributed by atoms with Gasteiger partial charge < -0.3 is 8.98 Å². The summed E-state index contributed by atoms with van der Waals surface area (Å²) in [4.78, 5) is 4.86. The van der Waals surface area contributed by atoms with Crippen molar-refractivity contribution in [2.45, 2.75) is 0 Å². The SMILES string of the molecule is c1ccc2c(-n3c4ccccc4c4c(-c5ccc6c(c5)c5ccccc5n6-c5nc6ccccc6o5)cccc43)cccc2c1. The molecule has 0 aliphatic carbocycles. The van der Waals surface area contributed by atoms with E-state index in [1.807, 2.05) is 24.3 Å². The van der Waals surface area contributed by atoms with Gasteiger partial charge in [0.05, 0.1) is 27.8 Å². The fraction of sp³-hybridized carbons (Fsp3) is 0. The number of para-hydroxylation sites is 4. The molecular weight excluding hydrogens is 550 g/mol. The zero-order chi connectivity index (χ0) is 29.5. The molecule has 0 unspecified atom stereocenters. The Morgan fingerprint density at radius 3 is 2.02 bits per heavy atom. The lowest BCUT2D eigenvalue weighted by Crippen LogP contribution is -1.95. The number of benzene rings is 7. The van der Waals surface area contributed by atoms with Crippen LogP contribution >= 0.6 is 0 Å². The summed E-state index contributed by atoms with van der Waals surface area (Å²) in [5.41, 5.74) is 9.74. The zero-order valence-corrected chi connectivity index (χ0v) is 24.2. The van der Waals surface area contributed by atoms with E-state index < -0.39 is 0 Å². The smallest absolute Gasteiger partial charge is 0.307 e. The number of nitrogens with zero attached hydrogens (tertiary/aromatic N) is 3. The Morgan fingerprint density at radius 2 is 1.13 bits per heavy atom. The number of oxazole rings is 1. The summed E-state index contributed by atoms with van der Waals surface area (Å²) in [5, 5.41) is 7.30. The molecule has 0 fully saturated rings. The van der Waals surface area contributed by atoms with E-state index >= 15 is 0 Å². The van der Waals surface area contributed by atoms with Gasteiger partial charge in [0.2, 0.25) is 0 Å². The van der Waals surface area contributed by atoms with Crippen molar-refractivity contribution in [1.29, 1.82) is 0 Å². The molecule has 10 aromatic rings. The Kier molecular flexibility index (Phi) is 4.96. The highest BCUT2D eigenvalue weighted by molar-refractivity contribution is 6.18. The first kappa shape index (κ1) is 24.3. The normalized spacial score (nSPS) is 12.0. The fourth-order valence-electron chi connectivity index (χ4n) is 7.22. The van der Waals surface area contributed by atoms with Crippen LogP contribution in [-0.4, -0.2) is 14.1 Å². The van der Waals surface area contributed by atoms with Gasteiger partial charge in [-0.2, -0.15) is 4.98 Å². The average molecular weight is 576 g/mol. The molecule has 4 nitrogen and oxygen atoms in total. The second kappa shape index (κ2) is 9.18. The molecule has 0 spiro atoms. The Bertz CT molecular complexity index is 2740. The van der Waals surface area contributed by atoms with Crippen LogP contribution in [-0.2, 0) is 0 Å². The lowest BCUT2D eigenvalue weighted by molar-refractivity contribution is 0.574. The monoisotopic (exact) mass is 575 g/mol. The van der Waals surface area contributed by atoms with Crippen molar-refractivity contribution in [3.8, 4) is 22.8 Å². The van der Waals surface area contributed by atoms with Gasteiger partial charge in [0, 0.05) is 26.9 Å². The van der Waals surface area contributed by atoms with Crippen molar-refractivity contribution in [2.24, 2.45) is 0 Å². The minimum absolute atomic E-state index is 0.579. The van der Waals surface area contributed by atoms with Crippen LogP contribution in [0, 0.1) is 0 Å². The predicted octanol–water partition coefficient (Wildman–Crippen LogP) is 10.8. The van der Waals surface area contributed by atoms with Crippen LogP contribution in [0.15, 0.2) is 156 Å². The van der Waals surface area contributed by atoms with Crippen molar-refractivity contribution < 1.29 is 4.42 Å². The van der Waals surface area contributed by atoms with Crippen molar-refractivity contribution in [3.63, 3.8) is 0 Å². The van der Waals surface area contributed by atoms with Gasteiger partial charge in [-0.05, 0) is 65.0 Å². The molecule has 3 heterocycles. The maximum absolute atomic E-state index is 6.27. The Morgan fingerprint density at radius 1 is 0.467 bits per heavy atom. The summed E-state index contributed by atoms with van der Waals surface area (Å²) in [6, 6.07) is 54.4. The van der Waals surface area contributed by atoms with Gasteiger partial charge >= 0.3 is 6.01 Å².